The molecule has 0 radical (unpaired) electrons. The highest BCUT2D eigenvalue weighted by atomic mass is 19.1. The fourth-order valence-electron chi connectivity index (χ4n) is 1.49. The zero-order valence-electron chi connectivity index (χ0n) is 10.7. The molecule has 100 valence electrons. The predicted molar refractivity (Wildman–Crippen MR) is 77.6 cm³/mol. The van der Waals surface area contributed by atoms with Gasteiger partial charge in [-0.1, -0.05) is 42.5 Å². The molecule has 0 saturated carbocycles. The molecule has 2 aromatic rings. The molecule has 0 heterocycles. The molecule has 2 rings (SSSR count). The molecule has 0 spiro atoms. The highest BCUT2D eigenvalue weighted by Crippen LogP contribution is 2.01. The van der Waals surface area contributed by atoms with Gasteiger partial charge in [0.05, 0.1) is 6.21 Å². The minimum Gasteiger partial charge on any atom is -0.268 e. The third-order valence-electron chi connectivity index (χ3n) is 2.49. The predicted octanol–water partition coefficient (Wildman–Crippen LogP) is 2.99. The smallest absolute Gasteiger partial charge is 0.264 e. The van der Waals surface area contributed by atoms with Gasteiger partial charge in [0.25, 0.3) is 5.91 Å². The van der Waals surface area contributed by atoms with Crippen molar-refractivity contribution in [3.63, 3.8) is 0 Å². The molecule has 0 aliphatic carbocycles. The summed E-state index contributed by atoms with van der Waals surface area (Å²) in [6, 6.07) is 15.3. The van der Waals surface area contributed by atoms with Crippen molar-refractivity contribution >= 4 is 18.2 Å². The molecule has 0 fully saturated rings. The monoisotopic (exact) mass is 268 g/mol. The molecule has 2 aromatic carbocycles. The number of rotatable bonds is 4. The van der Waals surface area contributed by atoms with Crippen LogP contribution in [0.4, 0.5) is 4.39 Å². The highest BCUT2D eigenvalue weighted by molar-refractivity contribution is 5.92. The lowest BCUT2D eigenvalue weighted by molar-refractivity contribution is -0.116. The van der Waals surface area contributed by atoms with E-state index in [4.69, 9.17) is 0 Å². The van der Waals surface area contributed by atoms with Crippen molar-refractivity contribution in [3.8, 4) is 0 Å². The lowest BCUT2D eigenvalue weighted by Crippen LogP contribution is -2.14. The minimum absolute atomic E-state index is 0.308. The molecule has 0 aliphatic rings. The third-order valence-corrected chi connectivity index (χ3v) is 2.49. The van der Waals surface area contributed by atoms with E-state index in [-0.39, 0.29) is 11.7 Å². The van der Waals surface area contributed by atoms with Gasteiger partial charge >= 0.3 is 0 Å². The van der Waals surface area contributed by atoms with Crippen LogP contribution in [0.1, 0.15) is 11.1 Å². The summed E-state index contributed by atoms with van der Waals surface area (Å²) in [5.41, 5.74) is 4.01. The van der Waals surface area contributed by atoms with E-state index in [9.17, 15) is 9.18 Å². The molecular formula is C16H13FN2O. The Labute approximate surface area is 116 Å². The summed E-state index contributed by atoms with van der Waals surface area (Å²) in [4.78, 5) is 11.5. The van der Waals surface area contributed by atoms with Crippen LogP contribution in [-0.4, -0.2) is 12.1 Å². The third kappa shape index (κ3) is 4.49. The van der Waals surface area contributed by atoms with Crippen LogP contribution in [-0.2, 0) is 4.79 Å². The van der Waals surface area contributed by atoms with Gasteiger partial charge in [-0.3, -0.25) is 4.79 Å². The molecule has 0 atom stereocenters. The minimum atomic E-state index is -0.327. The summed E-state index contributed by atoms with van der Waals surface area (Å²) in [6.07, 6.45) is 4.55. The van der Waals surface area contributed by atoms with Gasteiger partial charge in [-0.05, 0) is 29.3 Å². The first kappa shape index (κ1) is 13.7. The van der Waals surface area contributed by atoms with E-state index < -0.39 is 0 Å². The van der Waals surface area contributed by atoms with Crippen molar-refractivity contribution in [2.24, 2.45) is 5.10 Å². The molecule has 1 amide bonds. The van der Waals surface area contributed by atoms with Gasteiger partial charge in [0, 0.05) is 6.08 Å². The van der Waals surface area contributed by atoms with Crippen LogP contribution < -0.4 is 5.43 Å². The molecular weight excluding hydrogens is 255 g/mol. The average Bonchev–Trinajstić information content (AvgIpc) is 2.48. The molecule has 0 saturated heterocycles. The van der Waals surface area contributed by atoms with E-state index in [0.717, 1.165) is 5.56 Å². The topological polar surface area (TPSA) is 41.5 Å². The first-order valence-electron chi connectivity index (χ1n) is 6.06. The van der Waals surface area contributed by atoms with E-state index in [1.54, 1.807) is 18.2 Å². The number of nitrogens with zero attached hydrogens (tertiary/aromatic N) is 1. The summed E-state index contributed by atoms with van der Waals surface area (Å²) in [5.74, 6) is -0.635. The zero-order chi connectivity index (χ0) is 14.2. The standard InChI is InChI=1S/C16H13FN2O/c17-15-9-6-14(7-10-15)12-18-19-16(20)11-8-13-4-2-1-3-5-13/h1-12H,(H,19,20)/b11-8+,18-12+. The largest absolute Gasteiger partial charge is 0.268 e. The van der Waals surface area contributed by atoms with Crippen LogP contribution >= 0.6 is 0 Å². The van der Waals surface area contributed by atoms with Crippen LogP contribution in [0.3, 0.4) is 0 Å². The lowest BCUT2D eigenvalue weighted by atomic mass is 10.2. The number of hydrazone groups is 1. The van der Waals surface area contributed by atoms with Gasteiger partial charge in [0.2, 0.25) is 0 Å². The molecule has 0 aromatic heterocycles. The molecule has 1 N–H and O–H groups in total. The number of nitrogens with one attached hydrogen (secondary N) is 1. The van der Waals surface area contributed by atoms with Gasteiger partial charge in [0.15, 0.2) is 0 Å². The fourth-order valence-corrected chi connectivity index (χ4v) is 1.49. The quantitative estimate of drug-likeness (QED) is 0.517. The van der Waals surface area contributed by atoms with Crippen LogP contribution in [0.2, 0.25) is 0 Å². The first-order valence-corrected chi connectivity index (χ1v) is 6.06. The normalized spacial score (nSPS) is 11.1. The van der Waals surface area contributed by atoms with Gasteiger partial charge in [0.1, 0.15) is 5.82 Å². The summed E-state index contributed by atoms with van der Waals surface area (Å²) < 4.78 is 12.7. The van der Waals surface area contributed by atoms with E-state index in [0.29, 0.717) is 5.56 Å². The Morgan fingerprint density at radius 2 is 1.70 bits per heavy atom. The Balaban J connectivity index is 1.86. The lowest BCUT2D eigenvalue weighted by Gasteiger charge is -1.95. The van der Waals surface area contributed by atoms with E-state index in [1.807, 2.05) is 30.3 Å². The van der Waals surface area contributed by atoms with Crippen molar-refractivity contribution in [3.05, 3.63) is 77.6 Å². The number of halogens is 1. The summed E-state index contributed by atoms with van der Waals surface area (Å²) in [6.45, 7) is 0. The van der Waals surface area contributed by atoms with Crippen molar-refractivity contribution in [1.82, 2.24) is 5.43 Å². The van der Waals surface area contributed by atoms with Crippen LogP contribution in [0.5, 0.6) is 0 Å². The molecule has 4 heteroatoms. The van der Waals surface area contributed by atoms with E-state index in [2.05, 4.69) is 10.5 Å². The van der Waals surface area contributed by atoms with Gasteiger partial charge in [-0.15, -0.1) is 0 Å². The first-order chi connectivity index (χ1) is 9.74. The molecule has 3 nitrogen and oxygen atoms in total. The second-order valence-electron chi connectivity index (χ2n) is 4.03. The number of benzene rings is 2. The van der Waals surface area contributed by atoms with Crippen molar-refractivity contribution in [1.29, 1.82) is 0 Å². The van der Waals surface area contributed by atoms with Gasteiger partial charge in [-0.25, -0.2) is 9.82 Å². The van der Waals surface area contributed by atoms with Crippen molar-refractivity contribution in [2.45, 2.75) is 0 Å². The molecule has 0 aliphatic heterocycles. The van der Waals surface area contributed by atoms with Crippen LogP contribution in [0.25, 0.3) is 6.08 Å². The maximum atomic E-state index is 12.7. The van der Waals surface area contributed by atoms with E-state index >= 15 is 0 Å². The summed E-state index contributed by atoms with van der Waals surface area (Å²) in [5, 5.41) is 3.79. The van der Waals surface area contributed by atoms with Crippen LogP contribution in [0, 0.1) is 5.82 Å². The number of amides is 1. The SMILES string of the molecule is O=C(/C=C/c1ccccc1)N/N=C/c1ccc(F)cc1. The van der Waals surface area contributed by atoms with Gasteiger partial charge in [-0.2, -0.15) is 5.10 Å². The Bertz CT molecular complexity index is 619. The van der Waals surface area contributed by atoms with Crippen molar-refractivity contribution in [2.75, 3.05) is 0 Å². The Morgan fingerprint density at radius 1 is 1.00 bits per heavy atom. The van der Waals surface area contributed by atoms with Gasteiger partial charge < -0.3 is 0 Å². The summed E-state index contributed by atoms with van der Waals surface area (Å²) in [7, 11) is 0. The number of hydrogen-bond acceptors (Lipinski definition) is 2. The Kier molecular flexibility index (Phi) is 4.78. The fraction of sp³-hybridized carbons (Fsp3) is 0. The molecule has 20 heavy (non-hydrogen) atoms. The van der Waals surface area contributed by atoms with E-state index in [1.165, 1.54) is 24.4 Å². The van der Waals surface area contributed by atoms with Crippen LogP contribution in [0.15, 0.2) is 65.8 Å². The average molecular weight is 268 g/mol. The highest BCUT2D eigenvalue weighted by Gasteiger charge is 1.93. The molecule has 0 unspecified atom stereocenters. The number of carbonyl (C=O) groups is 1. The molecule has 0 bridgehead atoms. The van der Waals surface area contributed by atoms with Crippen molar-refractivity contribution < 1.29 is 9.18 Å². The Morgan fingerprint density at radius 3 is 2.40 bits per heavy atom. The maximum Gasteiger partial charge on any atom is 0.264 e. The number of hydrogen-bond donors (Lipinski definition) is 1. The second-order valence-corrected chi connectivity index (χ2v) is 4.03. The zero-order valence-corrected chi connectivity index (χ0v) is 10.7. The second kappa shape index (κ2) is 6.99. The summed E-state index contributed by atoms with van der Waals surface area (Å²) >= 11 is 0. The maximum absolute atomic E-state index is 12.7. The number of carbonyl (C=O) groups excluding carboxylic acids is 1. The Hall–Kier alpha value is -2.75.